The van der Waals surface area contributed by atoms with Crippen molar-refractivity contribution in [2.75, 3.05) is 11.5 Å². The van der Waals surface area contributed by atoms with Gasteiger partial charge < -0.3 is 0 Å². The summed E-state index contributed by atoms with van der Waals surface area (Å²) in [5.74, 6) is 1.88. The maximum absolute atomic E-state index is 10.9. The molecule has 0 aliphatic rings. The monoisotopic (exact) mass is 200 g/mol. The lowest BCUT2D eigenvalue weighted by atomic mass is 11.0. The molecule has 0 aliphatic carbocycles. The SMILES string of the molecule is CCSN[PH](=O)NSCC. The van der Waals surface area contributed by atoms with Crippen molar-refractivity contribution in [3.8, 4) is 0 Å². The molecule has 0 radical (unpaired) electrons. The Morgan fingerprint density at radius 2 is 1.60 bits per heavy atom. The average Bonchev–Trinajstić information content (AvgIpc) is 1.97. The Kier molecular flexibility index (Phi) is 8.63. The van der Waals surface area contributed by atoms with Gasteiger partial charge in [0.15, 0.2) is 0 Å². The minimum atomic E-state index is -1.74. The number of rotatable bonds is 6. The predicted octanol–water partition coefficient (Wildman–Crippen LogP) is 1.89. The number of hydrogen-bond donors (Lipinski definition) is 2. The first-order chi connectivity index (χ1) is 4.81. The van der Waals surface area contributed by atoms with Crippen molar-refractivity contribution in [1.82, 2.24) is 8.99 Å². The summed E-state index contributed by atoms with van der Waals surface area (Å²) in [4.78, 5) is 0. The van der Waals surface area contributed by atoms with E-state index >= 15 is 0 Å². The molecule has 0 aromatic rings. The quantitative estimate of drug-likeness (QED) is 0.506. The topological polar surface area (TPSA) is 41.1 Å². The van der Waals surface area contributed by atoms with Crippen LogP contribution in [0, 0.1) is 0 Å². The lowest BCUT2D eigenvalue weighted by Gasteiger charge is -2.01. The van der Waals surface area contributed by atoms with Gasteiger partial charge in [-0.05, 0) is 0 Å². The van der Waals surface area contributed by atoms with E-state index in [9.17, 15) is 4.57 Å². The largest absolute Gasteiger partial charge is 0.291 e. The van der Waals surface area contributed by atoms with Crippen LogP contribution >= 0.6 is 32.0 Å². The minimum absolute atomic E-state index is 0.939. The first-order valence-corrected chi connectivity index (χ1v) is 6.48. The fraction of sp³-hybridized carbons (Fsp3) is 1.00. The highest BCUT2D eigenvalue weighted by molar-refractivity contribution is 8.04. The van der Waals surface area contributed by atoms with Crippen molar-refractivity contribution < 1.29 is 4.57 Å². The number of nitrogens with one attached hydrogen (secondary N) is 2. The van der Waals surface area contributed by atoms with Crippen molar-refractivity contribution in [3.63, 3.8) is 0 Å². The summed E-state index contributed by atoms with van der Waals surface area (Å²) in [6.07, 6.45) is 0. The smallest absolute Gasteiger partial charge is 0.218 e. The van der Waals surface area contributed by atoms with Gasteiger partial charge in [0, 0.05) is 11.5 Å². The van der Waals surface area contributed by atoms with E-state index in [1.165, 1.54) is 23.9 Å². The summed E-state index contributed by atoms with van der Waals surface area (Å²) in [6.45, 7) is 4.03. The Balaban J connectivity index is 3.09. The molecule has 0 bridgehead atoms. The van der Waals surface area contributed by atoms with Crippen LogP contribution in [0.15, 0.2) is 0 Å². The zero-order valence-corrected chi connectivity index (χ0v) is 8.77. The van der Waals surface area contributed by atoms with Crippen LogP contribution in [-0.2, 0) is 4.57 Å². The third-order valence-electron chi connectivity index (χ3n) is 0.618. The van der Waals surface area contributed by atoms with Gasteiger partial charge in [-0.3, -0.25) is 4.57 Å². The summed E-state index contributed by atoms with van der Waals surface area (Å²) in [7, 11) is -1.74. The van der Waals surface area contributed by atoms with Gasteiger partial charge in [0.2, 0.25) is 8.10 Å². The summed E-state index contributed by atoms with van der Waals surface area (Å²) in [6, 6.07) is 0. The molecular formula is C4H13N2OPS2. The second kappa shape index (κ2) is 7.95. The molecule has 0 saturated heterocycles. The van der Waals surface area contributed by atoms with Gasteiger partial charge in [0.25, 0.3) is 0 Å². The minimum Gasteiger partial charge on any atom is -0.291 e. The molecule has 10 heavy (non-hydrogen) atoms. The first kappa shape index (κ1) is 10.8. The van der Waals surface area contributed by atoms with Gasteiger partial charge in [0.1, 0.15) is 0 Å². The molecule has 0 aromatic carbocycles. The molecule has 0 fully saturated rings. The van der Waals surface area contributed by atoms with Crippen LogP contribution < -0.4 is 8.99 Å². The highest BCUT2D eigenvalue weighted by Gasteiger charge is 1.93. The van der Waals surface area contributed by atoms with Crippen LogP contribution in [0.4, 0.5) is 0 Å². The van der Waals surface area contributed by atoms with Gasteiger partial charge in [-0.1, -0.05) is 37.7 Å². The van der Waals surface area contributed by atoms with E-state index in [1.54, 1.807) is 0 Å². The molecule has 0 aromatic heterocycles. The second-order valence-corrected chi connectivity index (χ2v) is 5.42. The van der Waals surface area contributed by atoms with Crippen molar-refractivity contribution in [1.29, 1.82) is 0 Å². The average molecular weight is 200 g/mol. The molecule has 3 nitrogen and oxygen atoms in total. The second-order valence-electron chi connectivity index (χ2n) is 1.40. The lowest BCUT2D eigenvalue weighted by Crippen LogP contribution is -2.00. The van der Waals surface area contributed by atoms with Crippen LogP contribution in [0.25, 0.3) is 0 Å². The maximum atomic E-state index is 10.9. The van der Waals surface area contributed by atoms with Gasteiger partial charge in [-0.25, -0.2) is 8.99 Å². The fourth-order valence-corrected chi connectivity index (χ4v) is 3.04. The van der Waals surface area contributed by atoms with E-state index in [4.69, 9.17) is 0 Å². The molecule has 62 valence electrons. The van der Waals surface area contributed by atoms with Crippen molar-refractivity contribution in [3.05, 3.63) is 0 Å². The molecule has 0 spiro atoms. The first-order valence-electron chi connectivity index (χ1n) is 3.10. The zero-order chi connectivity index (χ0) is 7.82. The molecule has 0 amide bonds. The summed E-state index contributed by atoms with van der Waals surface area (Å²) >= 11 is 2.95. The molecule has 0 atom stereocenters. The van der Waals surface area contributed by atoms with Gasteiger partial charge in [-0.15, -0.1) is 0 Å². The molecular weight excluding hydrogens is 187 g/mol. The summed E-state index contributed by atoms with van der Waals surface area (Å²) in [5.41, 5.74) is 0. The van der Waals surface area contributed by atoms with Crippen LogP contribution in [0.2, 0.25) is 0 Å². The molecule has 0 aliphatic heterocycles. The predicted molar refractivity (Wildman–Crippen MR) is 51.5 cm³/mol. The molecule has 6 heteroatoms. The van der Waals surface area contributed by atoms with E-state index in [1.807, 2.05) is 13.8 Å². The Hall–Kier alpha value is 0.850. The third kappa shape index (κ3) is 6.96. The maximum Gasteiger partial charge on any atom is 0.218 e. The number of hydrogen-bond acceptors (Lipinski definition) is 3. The lowest BCUT2D eigenvalue weighted by molar-refractivity contribution is 0.586. The van der Waals surface area contributed by atoms with Crippen LogP contribution in [-0.4, -0.2) is 11.5 Å². The van der Waals surface area contributed by atoms with Crippen LogP contribution in [0.5, 0.6) is 0 Å². The van der Waals surface area contributed by atoms with Gasteiger partial charge >= 0.3 is 0 Å². The highest BCUT2D eigenvalue weighted by Crippen LogP contribution is 2.17. The summed E-state index contributed by atoms with van der Waals surface area (Å²) in [5, 5.41) is 0. The fourth-order valence-electron chi connectivity index (χ4n) is 0.296. The van der Waals surface area contributed by atoms with Crippen molar-refractivity contribution in [2.45, 2.75) is 13.8 Å². The van der Waals surface area contributed by atoms with E-state index in [0.717, 1.165) is 11.5 Å². The van der Waals surface area contributed by atoms with Crippen LogP contribution in [0.1, 0.15) is 13.8 Å². The molecule has 0 unspecified atom stereocenters. The van der Waals surface area contributed by atoms with E-state index in [2.05, 4.69) is 8.99 Å². The third-order valence-corrected chi connectivity index (χ3v) is 3.83. The standard InChI is InChI=1S/C4H13N2OPS2/c1-3-9-5-8(7)6-10-4-2/h8H,3-4H2,1-2H3,(H2,5,6,7). The Labute approximate surface area is 71.3 Å². The zero-order valence-electron chi connectivity index (χ0n) is 6.14. The van der Waals surface area contributed by atoms with Crippen LogP contribution in [0.3, 0.4) is 0 Å². The highest BCUT2D eigenvalue weighted by atomic mass is 32.2. The Bertz CT molecular complexity index is 93.3. The van der Waals surface area contributed by atoms with E-state index < -0.39 is 8.10 Å². The Morgan fingerprint density at radius 1 is 1.20 bits per heavy atom. The van der Waals surface area contributed by atoms with E-state index in [0.29, 0.717) is 0 Å². The van der Waals surface area contributed by atoms with Crippen molar-refractivity contribution >= 4 is 32.0 Å². The summed E-state index contributed by atoms with van der Waals surface area (Å²) < 4.78 is 16.5. The normalized spacial score (nSPS) is 10.7. The van der Waals surface area contributed by atoms with Crippen molar-refractivity contribution in [2.24, 2.45) is 0 Å². The van der Waals surface area contributed by atoms with Gasteiger partial charge in [0.05, 0.1) is 0 Å². The molecule has 2 N–H and O–H groups in total. The Morgan fingerprint density at radius 3 is 1.90 bits per heavy atom. The van der Waals surface area contributed by atoms with E-state index in [-0.39, 0.29) is 0 Å². The van der Waals surface area contributed by atoms with Gasteiger partial charge in [-0.2, -0.15) is 0 Å². The molecule has 0 saturated carbocycles. The molecule has 0 rings (SSSR count). The molecule has 0 heterocycles.